The number of aromatic nitrogens is 2. The van der Waals surface area contributed by atoms with E-state index in [1.165, 1.54) is 11.1 Å². The van der Waals surface area contributed by atoms with Crippen LogP contribution < -0.4 is 5.32 Å². The lowest BCUT2D eigenvalue weighted by Crippen LogP contribution is -2.13. The Balaban J connectivity index is 2.02. The zero-order valence-corrected chi connectivity index (χ0v) is 13.1. The van der Waals surface area contributed by atoms with Crippen molar-refractivity contribution in [3.8, 4) is 0 Å². The Bertz CT molecular complexity index is 534. The molecule has 0 atom stereocenters. The van der Waals surface area contributed by atoms with Crippen LogP contribution in [-0.4, -0.2) is 16.3 Å². The van der Waals surface area contributed by atoms with E-state index in [0.717, 1.165) is 36.2 Å². The summed E-state index contributed by atoms with van der Waals surface area (Å²) in [5.74, 6) is 0. The lowest BCUT2D eigenvalue weighted by molar-refractivity contribution is 0.669. The van der Waals surface area contributed by atoms with Crippen LogP contribution in [0, 0.1) is 6.92 Å². The van der Waals surface area contributed by atoms with Gasteiger partial charge in [0.1, 0.15) is 0 Å². The number of benzene rings is 1. The fourth-order valence-electron chi connectivity index (χ4n) is 1.96. The molecule has 0 saturated carbocycles. The summed E-state index contributed by atoms with van der Waals surface area (Å²) in [4.78, 5) is 0. The molecule has 0 spiro atoms. The van der Waals surface area contributed by atoms with Crippen LogP contribution >= 0.6 is 15.9 Å². The van der Waals surface area contributed by atoms with Gasteiger partial charge in [0.15, 0.2) is 0 Å². The summed E-state index contributed by atoms with van der Waals surface area (Å²) in [5.41, 5.74) is 3.61. The van der Waals surface area contributed by atoms with Crippen molar-refractivity contribution in [1.29, 1.82) is 0 Å². The maximum atomic E-state index is 4.41. The normalized spacial score (nSPS) is 10.9. The second-order valence-electron chi connectivity index (χ2n) is 4.76. The molecule has 102 valence electrons. The van der Waals surface area contributed by atoms with Crippen LogP contribution in [0.4, 0.5) is 0 Å². The average Bonchev–Trinajstić information content (AvgIpc) is 2.79. The highest BCUT2D eigenvalue weighted by Crippen LogP contribution is 2.19. The molecule has 0 fully saturated rings. The van der Waals surface area contributed by atoms with Gasteiger partial charge in [-0.15, -0.1) is 0 Å². The average molecular weight is 322 g/mol. The summed E-state index contributed by atoms with van der Waals surface area (Å²) < 4.78 is 3.11. The quantitative estimate of drug-likeness (QED) is 0.825. The summed E-state index contributed by atoms with van der Waals surface area (Å²) >= 11 is 3.65. The monoisotopic (exact) mass is 321 g/mol. The van der Waals surface area contributed by atoms with Gasteiger partial charge in [0.2, 0.25) is 0 Å². The third-order valence-corrected chi connectivity index (χ3v) is 3.72. The molecule has 1 aromatic heterocycles. The van der Waals surface area contributed by atoms with E-state index >= 15 is 0 Å². The Kier molecular flexibility index (Phi) is 5.16. The summed E-state index contributed by atoms with van der Waals surface area (Å²) in [5, 5.41) is 7.83. The minimum atomic E-state index is 0.803. The van der Waals surface area contributed by atoms with Crippen LogP contribution in [0.25, 0.3) is 0 Å². The lowest BCUT2D eigenvalue weighted by atomic mass is 10.1. The fourth-order valence-corrected chi connectivity index (χ4v) is 2.52. The molecule has 1 N–H and O–H groups in total. The van der Waals surface area contributed by atoms with E-state index in [0.29, 0.717) is 0 Å². The van der Waals surface area contributed by atoms with Gasteiger partial charge in [-0.3, -0.25) is 4.68 Å². The molecule has 1 aromatic carbocycles. The Morgan fingerprint density at radius 1 is 1.32 bits per heavy atom. The smallest absolute Gasteiger partial charge is 0.0670 e. The first-order chi connectivity index (χ1) is 9.19. The summed E-state index contributed by atoms with van der Waals surface area (Å²) in [6.45, 7) is 6.97. The molecule has 2 rings (SSSR count). The van der Waals surface area contributed by atoms with Gasteiger partial charge < -0.3 is 5.32 Å². The molecular formula is C15H20BrN3. The molecule has 4 heteroatoms. The zero-order valence-electron chi connectivity index (χ0n) is 11.5. The van der Waals surface area contributed by atoms with E-state index in [1.807, 2.05) is 23.9 Å². The van der Waals surface area contributed by atoms with Crippen molar-refractivity contribution in [2.45, 2.75) is 33.4 Å². The van der Waals surface area contributed by atoms with Crippen LogP contribution in [0.1, 0.15) is 30.2 Å². The van der Waals surface area contributed by atoms with Gasteiger partial charge >= 0.3 is 0 Å². The van der Waals surface area contributed by atoms with E-state index in [4.69, 9.17) is 0 Å². The summed E-state index contributed by atoms with van der Waals surface area (Å²) in [7, 11) is 0. The lowest BCUT2D eigenvalue weighted by Gasteiger charge is -2.08. The van der Waals surface area contributed by atoms with E-state index in [9.17, 15) is 0 Å². The van der Waals surface area contributed by atoms with E-state index in [1.54, 1.807) is 0 Å². The minimum absolute atomic E-state index is 0.803. The molecule has 0 aliphatic heterocycles. The van der Waals surface area contributed by atoms with Gasteiger partial charge in [-0.1, -0.05) is 35.0 Å². The van der Waals surface area contributed by atoms with Crippen molar-refractivity contribution in [2.24, 2.45) is 0 Å². The van der Waals surface area contributed by atoms with E-state index in [2.05, 4.69) is 51.5 Å². The van der Waals surface area contributed by atoms with Crippen LogP contribution in [0.5, 0.6) is 0 Å². The molecule has 0 radical (unpaired) electrons. The van der Waals surface area contributed by atoms with E-state index < -0.39 is 0 Å². The predicted molar refractivity (Wildman–Crippen MR) is 82.2 cm³/mol. The summed E-state index contributed by atoms with van der Waals surface area (Å²) in [6, 6.07) is 8.56. The molecule has 0 aliphatic carbocycles. The molecule has 1 heterocycles. The van der Waals surface area contributed by atoms with Crippen LogP contribution in [0.3, 0.4) is 0 Å². The second-order valence-corrected chi connectivity index (χ2v) is 5.61. The highest BCUT2D eigenvalue weighted by Gasteiger charge is 2.03. The molecule has 0 unspecified atom stereocenters. The maximum Gasteiger partial charge on any atom is 0.0670 e. The molecular weight excluding hydrogens is 302 g/mol. The van der Waals surface area contributed by atoms with Crippen LogP contribution in [0.2, 0.25) is 0 Å². The molecule has 0 amide bonds. The van der Waals surface area contributed by atoms with Gasteiger partial charge in [-0.25, -0.2) is 0 Å². The number of nitrogens with zero attached hydrogens (tertiary/aromatic N) is 2. The zero-order chi connectivity index (χ0) is 13.7. The third kappa shape index (κ3) is 4.18. The number of hydrogen-bond acceptors (Lipinski definition) is 2. The topological polar surface area (TPSA) is 29.9 Å². The van der Waals surface area contributed by atoms with Crippen molar-refractivity contribution in [2.75, 3.05) is 6.54 Å². The molecule has 0 aliphatic rings. The Labute approximate surface area is 123 Å². The van der Waals surface area contributed by atoms with Crippen molar-refractivity contribution >= 4 is 15.9 Å². The Morgan fingerprint density at radius 3 is 2.79 bits per heavy atom. The van der Waals surface area contributed by atoms with Crippen LogP contribution in [-0.2, 0) is 13.1 Å². The van der Waals surface area contributed by atoms with Crippen molar-refractivity contribution in [1.82, 2.24) is 15.1 Å². The highest BCUT2D eigenvalue weighted by atomic mass is 79.9. The minimum Gasteiger partial charge on any atom is -0.313 e. The van der Waals surface area contributed by atoms with Gasteiger partial charge in [0.05, 0.1) is 12.2 Å². The van der Waals surface area contributed by atoms with Gasteiger partial charge in [-0.05, 0) is 43.1 Å². The van der Waals surface area contributed by atoms with Gasteiger partial charge in [0, 0.05) is 17.2 Å². The maximum absolute atomic E-state index is 4.41. The Morgan fingerprint density at radius 2 is 2.16 bits per heavy atom. The number of halogens is 1. The van der Waals surface area contributed by atoms with Gasteiger partial charge in [-0.2, -0.15) is 5.10 Å². The number of rotatable bonds is 6. The molecule has 0 saturated heterocycles. The van der Waals surface area contributed by atoms with Crippen molar-refractivity contribution in [3.63, 3.8) is 0 Å². The number of aryl methyl sites for hydroxylation is 1. The van der Waals surface area contributed by atoms with E-state index in [-0.39, 0.29) is 0 Å². The van der Waals surface area contributed by atoms with Crippen molar-refractivity contribution < 1.29 is 0 Å². The molecule has 0 bridgehead atoms. The highest BCUT2D eigenvalue weighted by molar-refractivity contribution is 9.10. The third-order valence-electron chi connectivity index (χ3n) is 2.98. The van der Waals surface area contributed by atoms with Crippen LogP contribution in [0.15, 0.2) is 34.9 Å². The summed E-state index contributed by atoms with van der Waals surface area (Å²) in [6.07, 6.45) is 3.18. The molecule has 19 heavy (non-hydrogen) atoms. The number of hydrogen-bond donors (Lipinski definition) is 1. The fraction of sp³-hybridized carbons (Fsp3) is 0.400. The first-order valence-corrected chi connectivity index (χ1v) is 7.46. The molecule has 2 aromatic rings. The predicted octanol–water partition coefficient (Wildman–Crippen LogP) is 3.50. The molecule has 3 nitrogen and oxygen atoms in total. The largest absolute Gasteiger partial charge is 0.313 e. The Hall–Kier alpha value is -1.13. The second kappa shape index (κ2) is 6.87. The van der Waals surface area contributed by atoms with Crippen molar-refractivity contribution in [3.05, 3.63) is 51.8 Å². The SMILES string of the molecule is CCCNCc1ccc(Cn2ccc(C)n2)c(Br)c1. The first-order valence-electron chi connectivity index (χ1n) is 6.67. The number of nitrogens with one attached hydrogen (secondary N) is 1. The van der Waals surface area contributed by atoms with Gasteiger partial charge in [0.25, 0.3) is 0 Å². The standard InChI is InChI=1S/C15H20BrN3/c1-3-7-17-10-13-4-5-14(15(16)9-13)11-19-8-6-12(2)18-19/h4-6,8-9,17H,3,7,10-11H2,1-2H3. The first kappa shape index (κ1) is 14.3.